The molecule has 0 aliphatic rings. The van der Waals surface area contributed by atoms with Gasteiger partial charge in [-0.3, -0.25) is 4.79 Å². The second-order valence-corrected chi connectivity index (χ2v) is 3.85. The molecular weight excluding hydrogens is 259 g/mol. The van der Waals surface area contributed by atoms with Crippen molar-refractivity contribution in [2.45, 2.75) is 19.3 Å². The molecule has 0 spiro atoms. The SMILES string of the molecule is C=CC(=O)NCc1ccc(COCC(F)(F)F)cc1. The maximum absolute atomic E-state index is 11.9. The van der Waals surface area contributed by atoms with Crippen LogP contribution in [0.4, 0.5) is 13.2 Å². The van der Waals surface area contributed by atoms with Crippen LogP contribution in [0.5, 0.6) is 0 Å². The van der Waals surface area contributed by atoms with Crippen LogP contribution < -0.4 is 5.32 Å². The molecule has 104 valence electrons. The first-order valence-electron chi connectivity index (χ1n) is 5.53. The summed E-state index contributed by atoms with van der Waals surface area (Å²) in [5.74, 6) is -0.280. The minimum absolute atomic E-state index is 0.0984. The molecule has 0 unspecified atom stereocenters. The topological polar surface area (TPSA) is 38.3 Å². The van der Waals surface area contributed by atoms with E-state index in [0.29, 0.717) is 12.1 Å². The molecular formula is C13H14F3NO2. The summed E-state index contributed by atoms with van der Waals surface area (Å²) >= 11 is 0. The molecule has 0 aliphatic carbocycles. The van der Waals surface area contributed by atoms with E-state index >= 15 is 0 Å². The molecule has 1 aromatic rings. The molecule has 19 heavy (non-hydrogen) atoms. The lowest BCUT2D eigenvalue weighted by Crippen LogP contribution is -2.19. The zero-order valence-electron chi connectivity index (χ0n) is 10.2. The highest BCUT2D eigenvalue weighted by Gasteiger charge is 2.27. The van der Waals surface area contributed by atoms with Crippen LogP contribution in [0.2, 0.25) is 0 Å². The van der Waals surface area contributed by atoms with E-state index < -0.39 is 12.8 Å². The second kappa shape index (κ2) is 6.94. The number of hydrogen-bond donors (Lipinski definition) is 1. The molecule has 0 fully saturated rings. The van der Waals surface area contributed by atoms with Gasteiger partial charge in [0.1, 0.15) is 6.61 Å². The Hall–Kier alpha value is -1.82. The molecule has 1 amide bonds. The highest BCUT2D eigenvalue weighted by molar-refractivity contribution is 5.86. The average Bonchev–Trinajstić information content (AvgIpc) is 2.36. The van der Waals surface area contributed by atoms with E-state index in [0.717, 1.165) is 5.56 Å². The molecule has 0 aromatic heterocycles. The van der Waals surface area contributed by atoms with Crippen molar-refractivity contribution in [1.29, 1.82) is 0 Å². The first-order chi connectivity index (χ1) is 8.90. The maximum atomic E-state index is 11.9. The minimum atomic E-state index is -4.31. The Bertz CT molecular complexity index is 427. The third-order valence-corrected chi connectivity index (χ3v) is 2.21. The Morgan fingerprint density at radius 2 is 1.84 bits per heavy atom. The van der Waals surface area contributed by atoms with Gasteiger partial charge in [0.05, 0.1) is 6.61 Å². The fourth-order valence-electron chi connectivity index (χ4n) is 1.30. The standard InChI is InChI=1S/C13H14F3NO2/c1-2-12(18)17-7-10-3-5-11(6-4-10)8-19-9-13(14,15)16/h2-6H,1,7-9H2,(H,17,18). The molecule has 0 saturated carbocycles. The molecule has 1 aromatic carbocycles. The number of nitrogens with one attached hydrogen (secondary N) is 1. The fourth-order valence-corrected chi connectivity index (χ4v) is 1.30. The lowest BCUT2D eigenvalue weighted by molar-refractivity contribution is -0.176. The number of carbonyl (C=O) groups is 1. The number of alkyl halides is 3. The van der Waals surface area contributed by atoms with Gasteiger partial charge in [0.15, 0.2) is 0 Å². The van der Waals surface area contributed by atoms with Gasteiger partial charge >= 0.3 is 6.18 Å². The van der Waals surface area contributed by atoms with E-state index in [4.69, 9.17) is 0 Å². The lowest BCUT2D eigenvalue weighted by Gasteiger charge is -2.08. The van der Waals surface area contributed by atoms with Gasteiger partial charge in [0.25, 0.3) is 0 Å². The van der Waals surface area contributed by atoms with Crippen molar-refractivity contribution < 1.29 is 22.7 Å². The van der Waals surface area contributed by atoms with Crippen LogP contribution in [0.15, 0.2) is 36.9 Å². The molecule has 0 heterocycles. The molecule has 1 rings (SSSR count). The Balaban J connectivity index is 2.39. The summed E-state index contributed by atoms with van der Waals surface area (Å²) in [6.45, 7) is 2.30. The van der Waals surface area contributed by atoms with Gasteiger partial charge in [-0.05, 0) is 17.2 Å². The molecule has 0 saturated heterocycles. The zero-order chi connectivity index (χ0) is 14.3. The molecule has 0 radical (unpaired) electrons. The third kappa shape index (κ3) is 6.61. The van der Waals surface area contributed by atoms with Gasteiger partial charge in [0, 0.05) is 6.54 Å². The fraction of sp³-hybridized carbons (Fsp3) is 0.308. The molecule has 0 aliphatic heterocycles. The maximum Gasteiger partial charge on any atom is 0.411 e. The quantitative estimate of drug-likeness (QED) is 0.809. The highest BCUT2D eigenvalue weighted by atomic mass is 19.4. The normalized spacial score (nSPS) is 11.1. The van der Waals surface area contributed by atoms with Crippen molar-refractivity contribution in [2.24, 2.45) is 0 Å². The van der Waals surface area contributed by atoms with Crippen LogP contribution in [0.3, 0.4) is 0 Å². The first kappa shape index (κ1) is 15.2. The predicted octanol–water partition coefficient (Wildman–Crippen LogP) is 2.57. The van der Waals surface area contributed by atoms with Crippen LogP contribution in [0.25, 0.3) is 0 Å². The summed E-state index contributed by atoms with van der Waals surface area (Å²) in [5, 5.41) is 2.59. The second-order valence-electron chi connectivity index (χ2n) is 3.85. The molecule has 0 bridgehead atoms. The summed E-state index contributed by atoms with van der Waals surface area (Å²) in [7, 11) is 0. The molecule has 0 atom stereocenters. The van der Waals surface area contributed by atoms with E-state index in [1.807, 2.05) is 0 Å². The minimum Gasteiger partial charge on any atom is -0.367 e. The van der Waals surface area contributed by atoms with Crippen molar-refractivity contribution in [3.05, 3.63) is 48.0 Å². The zero-order valence-corrected chi connectivity index (χ0v) is 10.2. The Kier molecular flexibility index (Phi) is 5.57. The van der Waals surface area contributed by atoms with E-state index in [1.165, 1.54) is 6.08 Å². The summed E-state index contributed by atoms with van der Waals surface area (Å²) < 4.78 is 40.1. The smallest absolute Gasteiger partial charge is 0.367 e. The lowest BCUT2D eigenvalue weighted by atomic mass is 10.1. The summed E-state index contributed by atoms with van der Waals surface area (Å²) in [4.78, 5) is 10.9. The third-order valence-electron chi connectivity index (χ3n) is 2.21. The van der Waals surface area contributed by atoms with Crippen LogP contribution in [-0.2, 0) is 22.7 Å². The van der Waals surface area contributed by atoms with Crippen LogP contribution in [0.1, 0.15) is 11.1 Å². The van der Waals surface area contributed by atoms with Crippen molar-refractivity contribution in [3.8, 4) is 0 Å². The van der Waals surface area contributed by atoms with Gasteiger partial charge in [0.2, 0.25) is 5.91 Å². The van der Waals surface area contributed by atoms with Gasteiger partial charge in [-0.25, -0.2) is 0 Å². The number of halogens is 3. The summed E-state index contributed by atoms with van der Waals surface area (Å²) in [6.07, 6.45) is -3.14. The number of ether oxygens (including phenoxy) is 1. The van der Waals surface area contributed by atoms with Gasteiger partial charge in [-0.2, -0.15) is 13.2 Å². The Morgan fingerprint density at radius 3 is 2.37 bits per heavy atom. The monoisotopic (exact) mass is 273 g/mol. The van der Waals surface area contributed by atoms with Gasteiger partial charge < -0.3 is 10.1 Å². The van der Waals surface area contributed by atoms with E-state index in [2.05, 4.69) is 16.6 Å². The predicted molar refractivity (Wildman–Crippen MR) is 64.2 cm³/mol. The van der Waals surface area contributed by atoms with Crippen molar-refractivity contribution in [3.63, 3.8) is 0 Å². The number of amides is 1. The van der Waals surface area contributed by atoms with Gasteiger partial charge in [-0.15, -0.1) is 0 Å². The van der Waals surface area contributed by atoms with Crippen molar-refractivity contribution in [1.82, 2.24) is 5.32 Å². The van der Waals surface area contributed by atoms with E-state index in [-0.39, 0.29) is 12.5 Å². The van der Waals surface area contributed by atoms with Crippen molar-refractivity contribution >= 4 is 5.91 Å². The summed E-state index contributed by atoms with van der Waals surface area (Å²) in [5.41, 5.74) is 1.48. The largest absolute Gasteiger partial charge is 0.411 e. The number of carbonyl (C=O) groups excluding carboxylic acids is 1. The number of benzene rings is 1. The molecule has 6 heteroatoms. The number of hydrogen-bond acceptors (Lipinski definition) is 2. The van der Waals surface area contributed by atoms with E-state index in [9.17, 15) is 18.0 Å². The number of rotatable bonds is 6. The van der Waals surface area contributed by atoms with Crippen LogP contribution in [0, 0.1) is 0 Å². The Morgan fingerprint density at radius 1 is 1.26 bits per heavy atom. The summed E-state index contributed by atoms with van der Waals surface area (Å²) in [6, 6.07) is 6.75. The van der Waals surface area contributed by atoms with E-state index in [1.54, 1.807) is 24.3 Å². The molecule has 1 N–H and O–H groups in total. The van der Waals surface area contributed by atoms with Crippen LogP contribution >= 0.6 is 0 Å². The highest BCUT2D eigenvalue weighted by Crippen LogP contribution is 2.15. The first-order valence-corrected chi connectivity index (χ1v) is 5.53. The van der Waals surface area contributed by atoms with Gasteiger partial charge in [-0.1, -0.05) is 30.8 Å². The molecule has 3 nitrogen and oxygen atoms in total. The van der Waals surface area contributed by atoms with Crippen molar-refractivity contribution in [2.75, 3.05) is 6.61 Å². The Labute approximate surface area is 109 Å². The average molecular weight is 273 g/mol. The van der Waals surface area contributed by atoms with Crippen LogP contribution in [-0.4, -0.2) is 18.7 Å².